The smallest absolute Gasteiger partial charge is 0.334 e. The normalized spacial score (nSPS) is 11.7. The van der Waals surface area contributed by atoms with Crippen LogP contribution in [0.2, 0.25) is 5.02 Å². The lowest BCUT2D eigenvalue weighted by molar-refractivity contribution is -0.137. The van der Waals surface area contributed by atoms with E-state index < -0.39 is 11.7 Å². The third-order valence-corrected chi connectivity index (χ3v) is 5.45. The van der Waals surface area contributed by atoms with Crippen molar-refractivity contribution in [3.63, 3.8) is 0 Å². The van der Waals surface area contributed by atoms with Crippen LogP contribution >= 0.6 is 24.0 Å². The first kappa shape index (κ1) is 24.0. The van der Waals surface area contributed by atoms with E-state index in [1.165, 1.54) is 18.2 Å². The molecule has 32 heavy (non-hydrogen) atoms. The van der Waals surface area contributed by atoms with Crippen LogP contribution in [0.15, 0.2) is 24.3 Å². The van der Waals surface area contributed by atoms with Crippen molar-refractivity contribution in [2.24, 2.45) is 7.05 Å². The summed E-state index contributed by atoms with van der Waals surface area (Å²) in [4.78, 5) is 16.3. The van der Waals surface area contributed by atoms with Gasteiger partial charge in [0.05, 0.1) is 22.0 Å². The minimum Gasteiger partial charge on any atom is -0.334 e. The average Bonchev–Trinajstić information content (AvgIpc) is 3.26. The maximum absolute atomic E-state index is 13.5. The number of nitrogens with one attached hydrogen (secondary N) is 1. The quantitative estimate of drug-likeness (QED) is 0.367. The van der Waals surface area contributed by atoms with Gasteiger partial charge in [-0.2, -0.15) is 18.3 Å². The first-order valence-electron chi connectivity index (χ1n) is 9.83. The minimum absolute atomic E-state index is 0. The molecule has 1 N–H and O–H groups in total. The van der Waals surface area contributed by atoms with Crippen LogP contribution in [0.25, 0.3) is 34.1 Å². The van der Waals surface area contributed by atoms with Crippen molar-refractivity contribution >= 4 is 35.2 Å². The molecule has 6 nitrogen and oxygen atoms in total. The number of H-pyrrole nitrogens is 1. The van der Waals surface area contributed by atoms with Gasteiger partial charge in [0.15, 0.2) is 17.3 Å². The summed E-state index contributed by atoms with van der Waals surface area (Å²) in [5.41, 5.74) is 1.79. The van der Waals surface area contributed by atoms with E-state index in [-0.39, 0.29) is 29.4 Å². The summed E-state index contributed by atoms with van der Waals surface area (Å²) in [6.07, 6.45) is -1.79. The fourth-order valence-electron chi connectivity index (χ4n) is 3.51. The monoisotopic (exact) mass is 484 g/mol. The Morgan fingerprint density at radius 1 is 1.12 bits per heavy atom. The van der Waals surface area contributed by atoms with E-state index in [1.54, 1.807) is 18.7 Å². The van der Waals surface area contributed by atoms with Crippen molar-refractivity contribution in [2.75, 3.05) is 0 Å². The van der Waals surface area contributed by atoms with E-state index in [0.717, 1.165) is 31.0 Å². The van der Waals surface area contributed by atoms with Crippen molar-refractivity contribution in [3.8, 4) is 22.9 Å². The number of halogens is 5. The number of aromatic nitrogens is 6. The van der Waals surface area contributed by atoms with Crippen molar-refractivity contribution in [2.45, 2.75) is 39.3 Å². The number of aromatic amines is 1. The van der Waals surface area contributed by atoms with Crippen LogP contribution in [0.1, 0.15) is 36.7 Å². The fraction of sp³-hybridized carbons (Fsp3) is 0.333. The highest BCUT2D eigenvalue weighted by atomic mass is 35.5. The molecule has 0 aliphatic heterocycles. The number of hydrogen-bond donors (Lipinski definition) is 1. The largest absolute Gasteiger partial charge is 0.417 e. The van der Waals surface area contributed by atoms with Gasteiger partial charge in [-0.15, -0.1) is 12.4 Å². The van der Waals surface area contributed by atoms with Gasteiger partial charge in [0.2, 0.25) is 0 Å². The van der Waals surface area contributed by atoms with Gasteiger partial charge in [-0.1, -0.05) is 43.1 Å². The molecule has 0 aliphatic rings. The number of hydrogen-bond acceptors (Lipinski definition) is 4. The van der Waals surface area contributed by atoms with Crippen LogP contribution in [-0.4, -0.2) is 29.7 Å². The van der Waals surface area contributed by atoms with Gasteiger partial charge in [0.25, 0.3) is 0 Å². The Kier molecular flexibility index (Phi) is 6.80. The van der Waals surface area contributed by atoms with E-state index in [1.807, 2.05) is 0 Å². The summed E-state index contributed by atoms with van der Waals surface area (Å²) in [6, 6.07) is 5.23. The Morgan fingerprint density at radius 3 is 2.53 bits per heavy atom. The number of fused-ring (bicyclic) bond motifs is 1. The van der Waals surface area contributed by atoms with Gasteiger partial charge in [0.1, 0.15) is 11.2 Å². The van der Waals surface area contributed by atoms with E-state index in [9.17, 15) is 13.2 Å². The number of benzene rings is 1. The highest BCUT2D eigenvalue weighted by Crippen LogP contribution is 2.37. The zero-order chi connectivity index (χ0) is 22.3. The lowest BCUT2D eigenvalue weighted by Gasteiger charge is -2.11. The summed E-state index contributed by atoms with van der Waals surface area (Å²) >= 11 is 6.56. The zero-order valence-corrected chi connectivity index (χ0v) is 19.2. The molecule has 0 aliphatic carbocycles. The molecule has 0 unspecified atom stereocenters. The molecule has 0 radical (unpaired) electrons. The van der Waals surface area contributed by atoms with E-state index in [0.29, 0.717) is 27.8 Å². The molecule has 3 heterocycles. The lowest BCUT2D eigenvalue weighted by atomic mass is 10.1. The van der Waals surface area contributed by atoms with Crippen LogP contribution < -0.4 is 0 Å². The maximum Gasteiger partial charge on any atom is 0.417 e. The summed E-state index contributed by atoms with van der Waals surface area (Å²) in [6.45, 7) is 3.79. The van der Waals surface area contributed by atoms with E-state index in [4.69, 9.17) is 11.6 Å². The molecule has 170 valence electrons. The third-order valence-electron chi connectivity index (χ3n) is 5.05. The van der Waals surface area contributed by atoms with E-state index in [2.05, 4.69) is 32.0 Å². The fourth-order valence-corrected chi connectivity index (χ4v) is 3.85. The highest BCUT2D eigenvalue weighted by molar-refractivity contribution is 6.33. The Labute approximate surface area is 193 Å². The molecule has 0 saturated heterocycles. The molecule has 3 aromatic heterocycles. The van der Waals surface area contributed by atoms with Gasteiger partial charge < -0.3 is 4.98 Å². The summed E-state index contributed by atoms with van der Waals surface area (Å²) in [5, 5.41) is 4.99. The zero-order valence-electron chi connectivity index (χ0n) is 17.6. The third kappa shape index (κ3) is 4.31. The molecule has 0 bridgehead atoms. The molecule has 0 spiro atoms. The second-order valence-corrected chi connectivity index (χ2v) is 7.67. The molecule has 4 rings (SSSR count). The summed E-state index contributed by atoms with van der Waals surface area (Å²) < 4.78 is 42.0. The molecule has 0 saturated carbocycles. The van der Waals surface area contributed by atoms with Gasteiger partial charge in [-0.3, -0.25) is 4.68 Å². The Bertz CT molecular complexity index is 1260. The highest BCUT2D eigenvalue weighted by Gasteiger charge is 2.34. The topological polar surface area (TPSA) is 72.3 Å². The second kappa shape index (κ2) is 9.07. The average molecular weight is 485 g/mol. The number of rotatable bonds is 5. The SMILES string of the molecule is CCCCc1nn(C)c(-c2nc3nc(-c4ccccc4C(F)(F)F)nc(C)c3[nH]2)c1Cl.Cl. The molecule has 0 amide bonds. The number of alkyl halides is 3. The predicted molar refractivity (Wildman–Crippen MR) is 120 cm³/mol. The molecule has 0 atom stereocenters. The molecule has 4 aromatic rings. The number of imidazole rings is 1. The Morgan fingerprint density at radius 2 is 1.84 bits per heavy atom. The number of unbranched alkanes of at least 4 members (excludes halogenated alkanes) is 1. The molecule has 0 fully saturated rings. The lowest BCUT2D eigenvalue weighted by Crippen LogP contribution is -2.08. The maximum atomic E-state index is 13.5. The molecule has 11 heteroatoms. The van der Waals surface area contributed by atoms with Crippen molar-refractivity contribution in [1.29, 1.82) is 0 Å². The van der Waals surface area contributed by atoms with Gasteiger partial charge >= 0.3 is 6.18 Å². The Hall–Kier alpha value is -2.65. The van der Waals surface area contributed by atoms with Crippen LogP contribution in [0.5, 0.6) is 0 Å². The molecular weight excluding hydrogens is 464 g/mol. The van der Waals surface area contributed by atoms with Crippen molar-refractivity contribution in [1.82, 2.24) is 29.7 Å². The summed E-state index contributed by atoms with van der Waals surface area (Å²) in [7, 11) is 1.77. The molecule has 1 aromatic carbocycles. The standard InChI is InChI=1S/C21H20ClF3N6.ClH/c1-4-5-10-14-15(22)17(31(3)30-14)20-27-16-11(2)26-18(28-19(16)29-20)12-8-6-7-9-13(12)21(23,24)25;/h6-9H,4-5,10H2,1-3H3,(H,26,27,28,29);1H. The van der Waals surface area contributed by atoms with E-state index >= 15 is 0 Å². The molecular formula is C21H21Cl2F3N6. The first-order chi connectivity index (χ1) is 14.7. The van der Waals surface area contributed by atoms with Crippen LogP contribution in [-0.2, 0) is 19.6 Å². The predicted octanol–water partition coefficient (Wildman–Crippen LogP) is 6.17. The number of aryl methyl sites for hydroxylation is 3. The van der Waals surface area contributed by atoms with Crippen LogP contribution in [0.3, 0.4) is 0 Å². The first-order valence-corrected chi connectivity index (χ1v) is 10.2. The summed E-state index contributed by atoms with van der Waals surface area (Å²) in [5.74, 6) is 0.409. The second-order valence-electron chi connectivity index (χ2n) is 7.30. The van der Waals surface area contributed by atoms with Crippen molar-refractivity contribution < 1.29 is 13.2 Å². The van der Waals surface area contributed by atoms with Crippen LogP contribution in [0, 0.1) is 6.92 Å². The van der Waals surface area contributed by atoms with Crippen molar-refractivity contribution in [3.05, 3.63) is 46.2 Å². The van der Waals surface area contributed by atoms with Gasteiger partial charge in [-0.05, 0) is 25.8 Å². The van der Waals surface area contributed by atoms with Gasteiger partial charge in [-0.25, -0.2) is 15.0 Å². The number of nitrogens with zero attached hydrogens (tertiary/aromatic N) is 5. The van der Waals surface area contributed by atoms with Gasteiger partial charge in [0, 0.05) is 12.6 Å². The van der Waals surface area contributed by atoms with Crippen LogP contribution in [0.4, 0.5) is 13.2 Å². The Balaban J connectivity index is 0.00000289. The minimum atomic E-state index is -4.52.